The summed E-state index contributed by atoms with van der Waals surface area (Å²) in [5.41, 5.74) is 0.591. The highest BCUT2D eigenvalue weighted by atomic mass is 16.6. The van der Waals surface area contributed by atoms with Gasteiger partial charge in [0.2, 0.25) is 0 Å². The molecule has 0 unspecified atom stereocenters. The molecule has 2 rings (SSSR count). The number of amides is 1. The number of nitrogens with one attached hydrogen (secondary N) is 3. The average molecular weight is 278 g/mol. The second-order valence-electron chi connectivity index (χ2n) is 5.81. The molecule has 0 saturated carbocycles. The standard InChI is InChI=1S/C14H22N4O2/c1-14(2,3)20-13(19)18-12-5-4-10(8-17-12)11-9-15-6-7-16-11/h4-5,8,11,15-16H,6-7,9H2,1-3H3,(H,17,18,19)/t11-/m1/s1. The van der Waals surface area contributed by atoms with Crippen molar-refractivity contribution in [2.75, 3.05) is 25.0 Å². The fraction of sp³-hybridized carbons (Fsp3) is 0.571. The van der Waals surface area contributed by atoms with Crippen molar-refractivity contribution >= 4 is 11.9 Å². The van der Waals surface area contributed by atoms with Crippen molar-refractivity contribution in [1.29, 1.82) is 0 Å². The number of hydrogen-bond donors (Lipinski definition) is 3. The van der Waals surface area contributed by atoms with Crippen LogP contribution in [0.1, 0.15) is 32.4 Å². The van der Waals surface area contributed by atoms with Crippen LogP contribution in [0.15, 0.2) is 18.3 Å². The van der Waals surface area contributed by atoms with Crippen LogP contribution in [0.2, 0.25) is 0 Å². The molecular formula is C14H22N4O2. The van der Waals surface area contributed by atoms with Crippen molar-refractivity contribution in [3.8, 4) is 0 Å². The summed E-state index contributed by atoms with van der Waals surface area (Å²) >= 11 is 0. The summed E-state index contributed by atoms with van der Waals surface area (Å²) in [4.78, 5) is 15.9. The fourth-order valence-corrected chi connectivity index (χ4v) is 1.98. The van der Waals surface area contributed by atoms with Gasteiger partial charge in [0.1, 0.15) is 11.4 Å². The molecule has 0 radical (unpaired) electrons. The van der Waals surface area contributed by atoms with Crippen LogP contribution in [0.4, 0.5) is 10.6 Å². The first-order chi connectivity index (χ1) is 9.44. The number of anilines is 1. The second-order valence-corrected chi connectivity index (χ2v) is 5.81. The molecule has 2 heterocycles. The number of rotatable bonds is 2. The van der Waals surface area contributed by atoms with E-state index in [-0.39, 0.29) is 6.04 Å². The third-order valence-corrected chi connectivity index (χ3v) is 2.86. The zero-order chi connectivity index (χ0) is 14.6. The summed E-state index contributed by atoms with van der Waals surface area (Å²) in [5, 5.41) is 9.36. The molecule has 1 aromatic heterocycles. The molecule has 20 heavy (non-hydrogen) atoms. The maximum atomic E-state index is 11.6. The predicted molar refractivity (Wildman–Crippen MR) is 77.7 cm³/mol. The van der Waals surface area contributed by atoms with Crippen molar-refractivity contribution in [2.24, 2.45) is 0 Å². The van der Waals surface area contributed by atoms with Crippen LogP contribution >= 0.6 is 0 Å². The largest absolute Gasteiger partial charge is 0.444 e. The minimum atomic E-state index is -0.512. The third-order valence-electron chi connectivity index (χ3n) is 2.86. The monoisotopic (exact) mass is 278 g/mol. The highest BCUT2D eigenvalue weighted by Gasteiger charge is 2.17. The van der Waals surface area contributed by atoms with Gasteiger partial charge in [-0.3, -0.25) is 5.32 Å². The van der Waals surface area contributed by atoms with Gasteiger partial charge in [0.25, 0.3) is 0 Å². The number of ether oxygens (including phenoxy) is 1. The predicted octanol–water partition coefficient (Wildman–Crippen LogP) is 1.66. The summed E-state index contributed by atoms with van der Waals surface area (Å²) in [6.45, 7) is 8.30. The van der Waals surface area contributed by atoms with Gasteiger partial charge in [0, 0.05) is 31.9 Å². The topological polar surface area (TPSA) is 75.3 Å². The van der Waals surface area contributed by atoms with Gasteiger partial charge in [-0.15, -0.1) is 0 Å². The molecular weight excluding hydrogens is 256 g/mol. The van der Waals surface area contributed by atoms with Crippen LogP contribution in [0.3, 0.4) is 0 Å². The minimum Gasteiger partial charge on any atom is -0.444 e. The molecule has 110 valence electrons. The van der Waals surface area contributed by atoms with Gasteiger partial charge < -0.3 is 15.4 Å². The normalized spacial score (nSPS) is 19.4. The Hall–Kier alpha value is -1.66. The van der Waals surface area contributed by atoms with Crippen molar-refractivity contribution < 1.29 is 9.53 Å². The number of hydrogen-bond acceptors (Lipinski definition) is 5. The van der Waals surface area contributed by atoms with E-state index in [0.717, 1.165) is 25.2 Å². The number of aromatic nitrogens is 1. The number of nitrogens with zero attached hydrogens (tertiary/aromatic N) is 1. The van der Waals surface area contributed by atoms with E-state index in [9.17, 15) is 4.79 Å². The van der Waals surface area contributed by atoms with Gasteiger partial charge in [0.15, 0.2) is 0 Å². The molecule has 1 amide bonds. The van der Waals surface area contributed by atoms with E-state index in [0.29, 0.717) is 5.82 Å². The highest BCUT2D eigenvalue weighted by Crippen LogP contribution is 2.15. The summed E-state index contributed by atoms with van der Waals surface area (Å²) in [6, 6.07) is 4.02. The van der Waals surface area contributed by atoms with Gasteiger partial charge in [0.05, 0.1) is 0 Å². The first kappa shape index (κ1) is 14.7. The SMILES string of the molecule is CC(C)(C)OC(=O)Nc1ccc([C@H]2CNCCN2)cn1. The first-order valence-electron chi connectivity index (χ1n) is 6.84. The second kappa shape index (κ2) is 6.19. The average Bonchev–Trinajstić information content (AvgIpc) is 2.38. The van der Waals surface area contributed by atoms with E-state index in [1.165, 1.54) is 0 Å². The maximum Gasteiger partial charge on any atom is 0.413 e. The lowest BCUT2D eigenvalue weighted by molar-refractivity contribution is 0.0635. The molecule has 1 aromatic rings. The van der Waals surface area contributed by atoms with Crippen LogP contribution in [-0.4, -0.2) is 36.3 Å². The molecule has 6 heteroatoms. The molecule has 1 fully saturated rings. The van der Waals surface area contributed by atoms with E-state index in [4.69, 9.17) is 4.74 Å². The van der Waals surface area contributed by atoms with Gasteiger partial charge in [-0.05, 0) is 32.4 Å². The molecule has 6 nitrogen and oxygen atoms in total. The summed E-state index contributed by atoms with van der Waals surface area (Å²) < 4.78 is 5.18. The summed E-state index contributed by atoms with van der Waals surface area (Å²) in [5.74, 6) is 0.492. The van der Waals surface area contributed by atoms with Crippen molar-refractivity contribution in [1.82, 2.24) is 15.6 Å². The Bertz CT molecular complexity index is 447. The molecule has 1 atom stereocenters. The summed E-state index contributed by atoms with van der Waals surface area (Å²) in [7, 11) is 0. The zero-order valence-corrected chi connectivity index (χ0v) is 12.2. The lowest BCUT2D eigenvalue weighted by Gasteiger charge is -2.24. The smallest absolute Gasteiger partial charge is 0.413 e. The molecule has 0 aliphatic carbocycles. The van der Waals surface area contributed by atoms with E-state index < -0.39 is 11.7 Å². The minimum absolute atomic E-state index is 0.270. The molecule has 0 aromatic carbocycles. The number of carbonyl (C=O) groups excluding carboxylic acids is 1. The van der Waals surface area contributed by atoms with Crippen molar-refractivity contribution in [3.63, 3.8) is 0 Å². The van der Waals surface area contributed by atoms with Crippen LogP contribution in [-0.2, 0) is 4.74 Å². The number of carbonyl (C=O) groups is 1. The van der Waals surface area contributed by atoms with Crippen LogP contribution in [0.25, 0.3) is 0 Å². The van der Waals surface area contributed by atoms with E-state index in [2.05, 4.69) is 20.9 Å². The van der Waals surface area contributed by atoms with Crippen LogP contribution < -0.4 is 16.0 Å². The number of pyridine rings is 1. The lowest BCUT2D eigenvalue weighted by atomic mass is 10.1. The van der Waals surface area contributed by atoms with Crippen molar-refractivity contribution in [2.45, 2.75) is 32.4 Å². The third kappa shape index (κ3) is 4.47. The Balaban J connectivity index is 1.92. The molecule has 1 aliphatic heterocycles. The number of piperazine rings is 1. The zero-order valence-electron chi connectivity index (χ0n) is 12.2. The fourth-order valence-electron chi connectivity index (χ4n) is 1.98. The lowest BCUT2D eigenvalue weighted by Crippen LogP contribution is -2.42. The molecule has 0 bridgehead atoms. The Labute approximate surface area is 119 Å². The van der Waals surface area contributed by atoms with Gasteiger partial charge in [-0.25, -0.2) is 9.78 Å². The van der Waals surface area contributed by atoms with E-state index >= 15 is 0 Å². The summed E-state index contributed by atoms with van der Waals surface area (Å²) in [6.07, 6.45) is 1.28. The quantitative estimate of drug-likeness (QED) is 0.767. The molecule has 1 saturated heterocycles. The molecule has 1 aliphatic rings. The van der Waals surface area contributed by atoms with E-state index in [1.54, 1.807) is 12.3 Å². The maximum absolute atomic E-state index is 11.6. The van der Waals surface area contributed by atoms with Gasteiger partial charge in [-0.2, -0.15) is 0 Å². The molecule has 3 N–H and O–H groups in total. The Morgan fingerprint density at radius 3 is 2.75 bits per heavy atom. The molecule has 0 spiro atoms. The van der Waals surface area contributed by atoms with Crippen molar-refractivity contribution in [3.05, 3.63) is 23.9 Å². The Morgan fingerprint density at radius 1 is 1.40 bits per heavy atom. The highest BCUT2D eigenvalue weighted by molar-refractivity contribution is 5.83. The van der Waals surface area contributed by atoms with Gasteiger partial charge in [-0.1, -0.05) is 6.07 Å². The first-order valence-corrected chi connectivity index (χ1v) is 6.84. The van der Waals surface area contributed by atoms with Crippen LogP contribution in [0.5, 0.6) is 0 Å². The van der Waals surface area contributed by atoms with Crippen LogP contribution in [0, 0.1) is 0 Å². The Kier molecular flexibility index (Phi) is 4.57. The van der Waals surface area contributed by atoms with Gasteiger partial charge >= 0.3 is 6.09 Å². The Morgan fingerprint density at radius 2 is 2.20 bits per heavy atom. The van der Waals surface area contributed by atoms with E-state index in [1.807, 2.05) is 26.8 Å².